The first-order chi connectivity index (χ1) is 10.0. The summed E-state index contributed by atoms with van der Waals surface area (Å²) in [7, 11) is 0. The van der Waals surface area contributed by atoms with Gasteiger partial charge in [-0.15, -0.1) is 0 Å². The van der Waals surface area contributed by atoms with Crippen molar-refractivity contribution in [2.75, 3.05) is 0 Å². The molecule has 0 heterocycles. The molecule has 1 unspecified atom stereocenters. The molecule has 0 amide bonds. The van der Waals surface area contributed by atoms with Crippen LogP contribution in [0, 0.1) is 12.8 Å². The Kier molecular flexibility index (Phi) is 5.40. The normalized spacial score (nSPS) is 12.7. The van der Waals surface area contributed by atoms with Gasteiger partial charge in [-0.1, -0.05) is 55.8 Å². The monoisotopic (exact) mass is 302 g/mol. The highest BCUT2D eigenvalue weighted by atomic mass is 35.5. The van der Waals surface area contributed by atoms with E-state index < -0.39 is 0 Å². The van der Waals surface area contributed by atoms with E-state index in [0.29, 0.717) is 5.92 Å². The minimum atomic E-state index is -0.0455. The Hall–Kier alpha value is -1.35. The third-order valence-corrected chi connectivity index (χ3v) is 3.88. The quantitative estimate of drug-likeness (QED) is 0.634. The van der Waals surface area contributed by atoms with Crippen LogP contribution in [0.1, 0.15) is 42.1 Å². The number of rotatable bonds is 5. The van der Waals surface area contributed by atoms with E-state index >= 15 is 0 Å². The van der Waals surface area contributed by atoms with Crippen molar-refractivity contribution in [2.45, 2.75) is 33.2 Å². The van der Waals surface area contributed by atoms with E-state index in [0.717, 1.165) is 17.0 Å². The maximum atomic E-state index is 6.14. The van der Waals surface area contributed by atoms with Crippen LogP contribution < -0.4 is 11.3 Å². The van der Waals surface area contributed by atoms with Gasteiger partial charge in [0.2, 0.25) is 0 Å². The fourth-order valence-electron chi connectivity index (χ4n) is 2.66. The number of hydrogen-bond acceptors (Lipinski definition) is 2. The average Bonchev–Trinajstić information content (AvgIpc) is 2.43. The molecular weight excluding hydrogens is 280 g/mol. The van der Waals surface area contributed by atoms with E-state index in [9.17, 15) is 0 Å². The number of aryl methyl sites for hydroxylation is 1. The summed E-state index contributed by atoms with van der Waals surface area (Å²) in [6, 6.07) is 14.5. The Morgan fingerprint density at radius 2 is 1.90 bits per heavy atom. The van der Waals surface area contributed by atoms with Crippen LogP contribution in [0.5, 0.6) is 0 Å². The molecular formula is C18H23ClN2. The molecule has 0 aliphatic rings. The van der Waals surface area contributed by atoms with Crippen LogP contribution in [-0.4, -0.2) is 0 Å². The number of hydrazine groups is 1. The van der Waals surface area contributed by atoms with Gasteiger partial charge in [0.1, 0.15) is 0 Å². The van der Waals surface area contributed by atoms with Crippen LogP contribution in [0.4, 0.5) is 0 Å². The molecule has 21 heavy (non-hydrogen) atoms. The summed E-state index contributed by atoms with van der Waals surface area (Å²) in [5.41, 5.74) is 7.72. The Labute approximate surface area is 132 Å². The van der Waals surface area contributed by atoms with E-state index in [1.54, 1.807) is 0 Å². The molecule has 0 bridgehead atoms. The molecule has 0 spiro atoms. The summed E-state index contributed by atoms with van der Waals surface area (Å²) in [6.07, 6.45) is 1.07. The van der Waals surface area contributed by atoms with E-state index in [2.05, 4.69) is 50.5 Å². The Balaban J connectivity index is 2.39. The first kappa shape index (κ1) is 16.0. The van der Waals surface area contributed by atoms with E-state index in [1.807, 2.05) is 18.2 Å². The molecule has 1 atom stereocenters. The number of halogens is 1. The second kappa shape index (κ2) is 7.08. The molecule has 0 saturated heterocycles. The standard InChI is InChI=1S/C18H23ClN2/c1-12(2)9-14-5-4-6-15(10-14)18(21-20)17-11-16(19)8-7-13(17)3/h4-8,10-12,18,21H,9,20H2,1-3H3. The maximum absolute atomic E-state index is 6.14. The molecule has 2 nitrogen and oxygen atoms in total. The molecule has 0 aromatic heterocycles. The predicted molar refractivity (Wildman–Crippen MR) is 90.3 cm³/mol. The molecule has 0 aliphatic heterocycles. The molecule has 3 heteroatoms. The van der Waals surface area contributed by atoms with Gasteiger partial charge in [-0.05, 0) is 53.6 Å². The summed E-state index contributed by atoms with van der Waals surface area (Å²) in [6.45, 7) is 6.53. The van der Waals surface area contributed by atoms with Crippen LogP contribution in [0.15, 0.2) is 42.5 Å². The second-order valence-electron chi connectivity index (χ2n) is 5.94. The third-order valence-electron chi connectivity index (χ3n) is 3.65. The lowest BCUT2D eigenvalue weighted by Gasteiger charge is -2.20. The summed E-state index contributed by atoms with van der Waals surface area (Å²) in [4.78, 5) is 0. The molecule has 0 fully saturated rings. The van der Waals surface area contributed by atoms with Crippen LogP contribution in [0.25, 0.3) is 0 Å². The van der Waals surface area contributed by atoms with Crippen LogP contribution >= 0.6 is 11.6 Å². The van der Waals surface area contributed by atoms with Crippen LogP contribution in [-0.2, 0) is 6.42 Å². The molecule has 0 radical (unpaired) electrons. The van der Waals surface area contributed by atoms with Crippen molar-refractivity contribution in [1.29, 1.82) is 0 Å². The van der Waals surface area contributed by atoms with Crippen molar-refractivity contribution in [1.82, 2.24) is 5.43 Å². The lowest BCUT2D eigenvalue weighted by Crippen LogP contribution is -2.29. The fraction of sp³-hybridized carbons (Fsp3) is 0.333. The third kappa shape index (κ3) is 4.07. The lowest BCUT2D eigenvalue weighted by molar-refractivity contribution is 0.625. The molecule has 3 N–H and O–H groups in total. The topological polar surface area (TPSA) is 38.0 Å². The van der Waals surface area contributed by atoms with Gasteiger partial charge in [-0.25, -0.2) is 5.43 Å². The van der Waals surface area contributed by atoms with Gasteiger partial charge >= 0.3 is 0 Å². The molecule has 2 rings (SSSR count). The SMILES string of the molecule is Cc1ccc(Cl)cc1C(NN)c1cccc(CC(C)C)c1. The van der Waals surface area contributed by atoms with E-state index in [1.165, 1.54) is 16.7 Å². The fourth-order valence-corrected chi connectivity index (χ4v) is 2.84. The minimum absolute atomic E-state index is 0.0455. The second-order valence-corrected chi connectivity index (χ2v) is 6.38. The highest BCUT2D eigenvalue weighted by Gasteiger charge is 2.15. The highest BCUT2D eigenvalue weighted by molar-refractivity contribution is 6.30. The van der Waals surface area contributed by atoms with Gasteiger partial charge in [-0.2, -0.15) is 0 Å². The first-order valence-electron chi connectivity index (χ1n) is 7.32. The van der Waals surface area contributed by atoms with Crippen molar-refractivity contribution in [3.05, 3.63) is 69.7 Å². The van der Waals surface area contributed by atoms with Gasteiger partial charge in [0.05, 0.1) is 6.04 Å². The summed E-state index contributed by atoms with van der Waals surface area (Å²) >= 11 is 6.14. The zero-order chi connectivity index (χ0) is 15.4. The molecule has 112 valence electrons. The zero-order valence-electron chi connectivity index (χ0n) is 12.9. The van der Waals surface area contributed by atoms with Crippen molar-refractivity contribution in [2.24, 2.45) is 11.8 Å². The maximum Gasteiger partial charge on any atom is 0.0713 e. The molecule has 2 aromatic rings. The average molecular weight is 303 g/mol. The smallest absolute Gasteiger partial charge is 0.0713 e. The van der Waals surface area contributed by atoms with Gasteiger partial charge in [0.15, 0.2) is 0 Å². The molecule has 2 aromatic carbocycles. The van der Waals surface area contributed by atoms with Crippen LogP contribution in [0.2, 0.25) is 5.02 Å². The summed E-state index contributed by atoms with van der Waals surface area (Å²) in [5, 5.41) is 0.731. The Morgan fingerprint density at radius 1 is 1.14 bits per heavy atom. The summed E-state index contributed by atoms with van der Waals surface area (Å²) < 4.78 is 0. The van der Waals surface area contributed by atoms with Crippen molar-refractivity contribution in [3.8, 4) is 0 Å². The Morgan fingerprint density at radius 3 is 2.57 bits per heavy atom. The zero-order valence-corrected chi connectivity index (χ0v) is 13.6. The predicted octanol–water partition coefficient (Wildman–Crippen LogP) is 4.40. The number of hydrogen-bond donors (Lipinski definition) is 2. The minimum Gasteiger partial charge on any atom is -0.271 e. The number of nitrogens with one attached hydrogen (secondary N) is 1. The number of benzene rings is 2. The van der Waals surface area contributed by atoms with Crippen molar-refractivity contribution in [3.63, 3.8) is 0 Å². The van der Waals surface area contributed by atoms with Crippen LogP contribution in [0.3, 0.4) is 0 Å². The first-order valence-corrected chi connectivity index (χ1v) is 7.70. The summed E-state index contributed by atoms with van der Waals surface area (Å²) in [5.74, 6) is 6.45. The van der Waals surface area contributed by atoms with Gasteiger partial charge < -0.3 is 0 Å². The van der Waals surface area contributed by atoms with Gasteiger partial charge in [0.25, 0.3) is 0 Å². The number of nitrogens with two attached hydrogens (primary N) is 1. The van der Waals surface area contributed by atoms with Crippen molar-refractivity contribution < 1.29 is 0 Å². The van der Waals surface area contributed by atoms with E-state index in [4.69, 9.17) is 17.4 Å². The molecule has 0 aliphatic carbocycles. The lowest BCUT2D eigenvalue weighted by atomic mass is 9.93. The largest absolute Gasteiger partial charge is 0.271 e. The molecule has 0 saturated carbocycles. The Bertz CT molecular complexity index is 608. The van der Waals surface area contributed by atoms with Crippen molar-refractivity contribution >= 4 is 11.6 Å². The highest BCUT2D eigenvalue weighted by Crippen LogP contribution is 2.27. The van der Waals surface area contributed by atoms with Gasteiger partial charge in [0, 0.05) is 5.02 Å². The van der Waals surface area contributed by atoms with Gasteiger partial charge in [-0.3, -0.25) is 5.84 Å². The van der Waals surface area contributed by atoms with E-state index in [-0.39, 0.29) is 6.04 Å².